The van der Waals surface area contributed by atoms with E-state index < -0.39 is 11.7 Å². The Bertz CT molecular complexity index is 592. The minimum absolute atomic E-state index is 0.419. The fourth-order valence-electron chi connectivity index (χ4n) is 1.58. The van der Waals surface area contributed by atoms with E-state index in [2.05, 4.69) is 63.9 Å². The van der Waals surface area contributed by atoms with Crippen LogP contribution in [0.5, 0.6) is 5.75 Å². The lowest BCUT2D eigenvalue weighted by atomic mass is 10.2. The third-order valence-corrected chi connectivity index (χ3v) is 3.80. The molecule has 0 aliphatic carbocycles. The molecule has 1 amide bonds. The van der Waals surface area contributed by atoms with Gasteiger partial charge < -0.3 is 14.8 Å². The van der Waals surface area contributed by atoms with Gasteiger partial charge in [-0.2, -0.15) is 0 Å². The van der Waals surface area contributed by atoms with E-state index in [1.165, 1.54) is 0 Å². The molecule has 23 heavy (non-hydrogen) atoms. The fourth-order valence-corrected chi connectivity index (χ4v) is 3.22. The van der Waals surface area contributed by atoms with Crippen molar-refractivity contribution >= 4 is 53.9 Å². The van der Waals surface area contributed by atoms with E-state index in [-0.39, 0.29) is 0 Å². The first-order valence-electron chi connectivity index (χ1n) is 6.93. The molecule has 0 aliphatic heterocycles. The molecule has 126 valence electrons. The molecule has 0 saturated heterocycles. The minimum Gasteiger partial charge on any atom is -0.491 e. The van der Waals surface area contributed by atoms with Crippen LogP contribution in [0, 0.1) is 10.8 Å². The van der Waals surface area contributed by atoms with Gasteiger partial charge in [-0.25, -0.2) is 4.79 Å². The summed E-state index contributed by atoms with van der Waals surface area (Å²) >= 11 is 10.0. The number of hydrogen-bond acceptors (Lipinski definition) is 3. The van der Waals surface area contributed by atoms with Crippen molar-refractivity contribution in [3.05, 3.63) is 26.6 Å². The Labute approximate surface area is 162 Å². The Morgan fingerprint density at radius 1 is 1.26 bits per heavy atom. The molecule has 0 heterocycles. The summed E-state index contributed by atoms with van der Waals surface area (Å²) in [5.41, 5.74) is 0.371. The Morgan fingerprint density at radius 3 is 2.39 bits per heavy atom. The molecule has 0 fully saturated rings. The molecule has 0 unspecified atom stereocenters. The first kappa shape index (κ1) is 20.3. The highest BCUT2D eigenvalue weighted by Gasteiger charge is 2.15. The van der Waals surface area contributed by atoms with Crippen LogP contribution in [0.3, 0.4) is 0 Å². The van der Waals surface area contributed by atoms with Crippen LogP contribution in [-0.4, -0.2) is 24.8 Å². The molecule has 1 aromatic carbocycles. The molecule has 0 aromatic heterocycles. The lowest BCUT2D eigenvalue weighted by molar-refractivity contribution is 0.0525. The van der Waals surface area contributed by atoms with Crippen molar-refractivity contribution in [2.75, 3.05) is 13.2 Å². The van der Waals surface area contributed by atoms with Crippen molar-refractivity contribution in [3.8, 4) is 16.5 Å². The molecule has 1 rings (SSSR count). The first-order chi connectivity index (χ1) is 10.7. The third kappa shape index (κ3) is 8.09. The maximum Gasteiger partial charge on any atom is 0.407 e. The Kier molecular flexibility index (Phi) is 8.45. The highest BCUT2D eigenvalue weighted by Crippen LogP contribution is 2.34. The van der Waals surface area contributed by atoms with Crippen molar-refractivity contribution in [2.24, 2.45) is 0 Å². The summed E-state index contributed by atoms with van der Waals surface area (Å²) < 4.78 is 12.5. The van der Waals surface area contributed by atoms with E-state index in [1.54, 1.807) is 0 Å². The number of carbonyl (C=O) groups excluding carboxylic acids is 1. The molecule has 0 bridgehead atoms. The fraction of sp³-hybridized carbons (Fsp3) is 0.438. The Balaban J connectivity index is 2.42. The number of alkyl carbamates (subject to hydrolysis) is 1. The van der Waals surface area contributed by atoms with Gasteiger partial charge >= 0.3 is 6.09 Å². The number of carbonyl (C=O) groups is 1. The predicted octanol–water partition coefficient (Wildman–Crippen LogP) is 5.21. The second-order valence-corrected chi connectivity index (χ2v) is 7.72. The molecule has 1 N–H and O–H groups in total. The second-order valence-electron chi connectivity index (χ2n) is 5.62. The van der Waals surface area contributed by atoms with Crippen molar-refractivity contribution in [3.63, 3.8) is 0 Å². The molecule has 1 aromatic rings. The van der Waals surface area contributed by atoms with E-state index in [9.17, 15) is 4.79 Å². The molecule has 0 aliphatic rings. The van der Waals surface area contributed by atoms with Gasteiger partial charge in [-0.1, -0.05) is 5.92 Å². The molecule has 0 spiro atoms. The molecule has 0 radical (unpaired) electrons. The minimum atomic E-state index is -0.490. The van der Waals surface area contributed by atoms with E-state index in [0.29, 0.717) is 25.3 Å². The molecular weight excluding hydrogens is 494 g/mol. The van der Waals surface area contributed by atoms with Gasteiger partial charge in [-0.3, -0.25) is 0 Å². The van der Waals surface area contributed by atoms with Crippen molar-refractivity contribution < 1.29 is 14.3 Å². The van der Waals surface area contributed by atoms with Crippen LogP contribution >= 0.6 is 47.8 Å². The zero-order valence-corrected chi connectivity index (χ0v) is 17.9. The van der Waals surface area contributed by atoms with Crippen LogP contribution in [0.1, 0.15) is 32.8 Å². The number of halogens is 3. The summed E-state index contributed by atoms with van der Waals surface area (Å²) in [4.78, 5) is 14.2. The van der Waals surface area contributed by atoms with Gasteiger partial charge in [-0.05, 0) is 76.0 Å². The van der Waals surface area contributed by atoms with Crippen LogP contribution in [0.25, 0.3) is 0 Å². The molecule has 7 heteroatoms. The van der Waals surface area contributed by atoms with Gasteiger partial charge in [0.25, 0.3) is 0 Å². The quantitative estimate of drug-likeness (QED) is 0.436. The number of nitrogens with one attached hydrogen (secondary N) is 1. The molecular formula is C16H18Br3NO3. The largest absolute Gasteiger partial charge is 0.491 e. The first-order valence-corrected chi connectivity index (χ1v) is 9.31. The molecule has 4 nitrogen and oxygen atoms in total. The summed E-state index contributed by atoms with van der Waals surface area (Å²) in [5, 5.41) is 2.69. The highest BCUT2D eigenvalue weighted by molar-refractivity contribution is 9.12. The van der Waals surface area contributed by atoms with Gasteiger partial charge in [0.15, 0.2) is 0 Å². The Hall–Kier alpha value is -0.710. The average molecular weight is 512 g/mol. The maximum absolute atomic E-state index is 11.5. The topological polar surface area (TPSA) is 47.6 Å². The number of ether oxygens (including phenoxy) is 2. The van der Waals surface area contributed by atoms with Crippen LogP contribution in [0.15, 0.2) is 21.1 Å². The molecule has 0 saturated carbocycles. The summed E-state index contributed by atoms with van der Waals surface area (Å²) in [6, 6.07) is 3.76. The SMILES string of the molecule is CC(C)(C)OC(=O)NCCCOc1c(Br)cc(C#CBr)cc1Br. The summed E-state index contributed by atoms with van der Waals surface area (Å²) in [7, 11) is 0. The lowest BCUT2D eigenvalue weighted by Crippen LogP contribution is -2.33. The van der Waals surface area contributed by atoms with E-state index in [4.69, 9.17) is 9.47 Å². The van der Waals surface area contributed by atoms with Crippen LogP contribution in [0.2, 0.25) is 0 Å². The van der Waals surface area contributed by atoms with Crippen molar-refractivity contribution in [1.82, 2.24) is 5.32 Å². The van der Waals surface area contributed by atoms with Gasteiger partial charge in [0.1, 0.15) is 11.4 Å². The van der Waals surface area contributed by atoms with Gasteiger partial charge in [0, 0.05) is 28.0 Å². The van der Waals surface area contributed by atoms with Crippen LogP contribution < -0.4 is 10.1 Å². The number of hydrogen-bond donors (Lipinski definition) is 1. The van der Waals surface area contributed by atoms with Crippen molar-refractivity contribution in [2.45, 2.75) is 32.8 Å². The predicted molar refractivity (Wildman–Crippen MR) is 102 cm³/mol. The third-order valence-electron chi connectivity index (χ3n) is 2.43. The number of benzene rings is 1. The standard InChI is InChI=1S/C16H18Br3NO3/c1-16(2,3)23-15(21)20-7-4-8-22-14-12(18)9-11(5-6-17)10-13(14)19/h9-10H,4,7-8H2,1-3H3,(H,20,21). The highest BCUT2D eigenvalue weighted by atomic mass is 79.9. The lowest BCUT2D eigenvalue weighted by Gasteiger charge is -2.19. The molecule has 0 atom stereocenters. The smallest absolute Gasteiger partial charge is 0.407 e. The Morgan fingerprint density at radius 2 is 1.87 bits per heavy atom. The number of rotatable bonds is 5. The normalized spacial score (nSPS) is 10.5. The van der Waals surface area contributed by atoms with Crippen molar-refractivity contribution in [1.29, 1.82) is 0 Å². The average Bonchev–Trinajstić information content (AvgIpc) is 2.39. The summed E-state index contributed by atoms with van der Waals surface area (Å²) in [6.45, 7) is 6.44. The van der Waals surface area contributed by atoms with E-state index in [1.807, 2.05) is 32.9 Å². The van der Waals surface area contributed by atoms with E-state index in [0.717, 1.165) is 14.5 Å². The van der Waals surface area contributed by atoms with Crippen LogP contribution in [0.4, 0.5) is 4.79 Å². The zero-order chi connectivity index (χ0) is 17.5. The summed E-state index contributed by atoms with van der Waals surface area (Å²) in [6.07, 6.45) is 0.249. The number of amides is 1. The monoisotopic (exact) mass is 509 g/mol. The van der Waals surface area contributed by atoms with Gasteiger partial charge in [0.2, 0.25) is 0 Å². The van der Waals surface area contributed by atoms with E-state index >= 15 is 0 Å². The van der Waals surface area contributed by atoms with Gasteiger partial charge in [-0.15, -0.1) is 0 Å². The maximum atomic E-state index is 11.5. The zero-order valence-electron chi connectivity index (χ0n) is 13.1. The summed E-state index contributed by atoms with van der Waals surface area (Å²) in [5.74, 6) is 3.62. The van der Waals surface area contributed by atoms with Gasteiger partial charge in [0.05, 0.1) is 15.6 Å². The second kappa shape index (κ2) is 9.55. The van der Waals surface area contributed by atoms with Crippen LogP contribution in [-0.2, 0) is 4.74 Å².